The van der Waals surface area contributed by atoms with Crippen LogP contribution in [-0.4, -0.2) is 40.0 Å². The third-order valence-corrected chi connectivity index (χ3v) is 12.1. The van der Waals surface area contributed by atoms with E-state index in [0.29, 0.717) is 12.1 Å². The van der Waals surface area contributed by atoms with Gasteiger partial charge in [0.05, 0.1) is 0 Å². The molecule has 188 valence electrons. The summed E-state index contributed by atoms with van der Waals surface area (Å²) >= 11 is -0.414. The Hall–Kier alpha value is -2.65. The zero-order chi connectivity index (χ0) is 23.7. The van der Waals surface area contributed by atoms with Crippen LogP contribution in [0.3, 0.4) is 0 Å². The third-order valence-electron chi connectivity index (χ3n) is 8.68. The van der Waals surface area contributed by atoms with Crippen molar-refractivity contribution in [3.63, 3.8) is 0 Å². The molecule has 6 aliphatic rings. The Balaban J connectivity index is 1.37. The molecule has 2 aliphatic carbocycles. The third kappa shape index (κ3) is 3.18. The van der Waals surface area contributed by atoms with E-state index in [1.165, 1.54) is 48.2 Å². The normalized spacial score (nSPS) is 27.6. The number of nitrogens with zero attached hydrogens (tertiary/aromatic N) is 4. The Bertz CT molecular complexity index is 1350. The molecule has 2 atom stereocenters. The molecule has 6 bridgehead atoms. The Labute approximate surface area is 221 Å². The van der Waals surface area contributed by atoms with Gasteiger partial charge in [-0.1, -0.05) is 0 Å². The summed E-state index contributed by atoms with van der Waals surface area (Å²) in [4.78, 5) is 10.6. The van der Waals surface area contributed by atoms with E-state index < -0.39 is 17.6 Å². The van der Waals surface area contributed by atoms with Gasteiger partial charge < -0.3 is 0 Å². The van der Waals surface area contributed by atoms with Gasteiger partial charge in [0, 0.05) is 0 Å². The van der Waals surface area contributed by atoms with Crippen molar-refractivity contribution >= 4 is 8.29 Å². The second-order valence-corrected chi connectivity index (χ2v) is 13.3. The van der Waals surface area contributed by atoms with Crippen molar-refractivity contribution in [2.24, 2.45) is 0 Å². The Morgan fingerprint density at radius 3 is 2.33 bits per heavy atom. The molecule has 2 unspecified atom stereocenters. The molecule has 0 aromatic heterocycles. The maximum absolute atomic E-state index is 6.35. The minimum atomic E-state index is -0.414. The second kappa shape index (κ2) is 8.18. The van der Waals surface area contributed by atoms with Crippen LogP contribution >= 0.6 is 0 Å². The molecule has 6 heteroatoms. The van der Waals surface area contributed by atoms with Gasteiger partial charge in [-0.15, -0.1) is 0 Å². The average Bonchev–Trinajstić information content (AvgIpc) is 3.63. The van der Waals surface area contributed by atoms with Gasteiger partial charge in [-0.05, 0) is 0 Å². The second-order valence-electron chi connectivity index (χ2n) is 10.7. The van der Waals surface area contributed by atoms with Crippen LogP contribution in [0.1, 0.15) is 62.5 Å². The van der Waals surface area contributed by atoms with Gasteiger partial charge in [0.25, 0.3) is 0 Å². The predicted octanol–water partition coefficient (Wildman–Crippen LogP) is 5.12. The summed E-state index contributed by atoms with van der Waals surface area (Å²) in [5, 5.41) is 0. The first-order valence-electron chi connectivity index (χ1n) is 13.3. The van der Waals surface area contributed by atoms with E-state index in [1.807, 2.05) is 12.1 Å². The van der Waals surface area contributed by atoms with Crippen molar-refractivity contribution in [2.75, 3.05) is 0 Å². The first-order valence-corrected chi connectivity index (χ1v) is 15.6. The van der Waals surface area contributed by atoms with E-state index in [1.54, 1.807) is 4.15 Å². The first-order chi connectivity index (χ1) is 17.8. The van der Waals surface area contributed by atoms with Crippen LogP contribution < -0.4 is 4.74 Å². The molecule has 0 N–H and O–H groups in total. The van der Waals surface area contributed by atoms with Crippen LogP contribution in [0.4, 0.5) is 0 Å². The van der Waals surface area contributed by atoms with Crippen LogP contribution in [0.2, 0.25) is 0 Å². The summed E-state index contributed by atoms with van der Waals surface area (Å²) < 4.78 is 9.41. The first kappa shape index (κ1) is 21.4. The van der Waals surface area contributed by atoms with Gasteiger partial charge in [0.15, 0.2) is 0 Å². The SMILES string of the molecule is [c-]1c2cccc1Oc1[c-]c(ccc1)C1(CCCC1)N1C=CN3[C]1=[Pt]=[C]1N(C=CN1C1CCCCC13)C2. The van der Waals surface area contributed by atoms with Crippen LogP contribution in [-0.2, 0) is 29.7 Å². The molecule has 5 nitrogen and oxygen atoms in total. The summed E-state index contributed by atoms with van der Waals surface area (Å²) in [7, 11) is 0. The number of hydrogen-bond donors (Lipinski definition) is 0. The van der Waals surface area contributed by atoms with Crippen molar-refractivity contribution in [3.8, 4) is 11.5 Å². The Morgan fingerprint density at radius 2 is 1.50 bits per heavy atom. The summed E-state index contributed by atoms with van der Waals surface area (Å²) in [5.74, 6) is 1.56. The zero-order valence-electron chi connectivity index (χ0n) is 20.3. The predicted molar refractivity (Wildman–Crippen MR) is 136 cm³/mol. The number of ether oxygens (including phenoxy) is 1. The van der Waals surface area contributed by atoms with E-state index >= 15 is 0 Å². The van der Waals surface area contributed by atoms with Crippen molar-refractivity contribution in [3.05, 3.63) is 84.5 Å². The van der Waals surface area contributed by atoms with Crippen molar-refractivity contribution in [1.29, 1.82) is 0 Å². The standard InChI is InChI=1S/C30H30N4O.Pt/c1-2-12-29-28(11-1)32-16-15-31(22-32)21-24-7-5-9-26(19-24)35-27-10-6-8-25(20-27)30(13-3-4-14-30)34-18-17-33(29)23-34;/h5-10,15-18,28-29H,1-4,11-14,21H2;/q-2;. The number of rotatable bonds is 0. The monoisotopic (exact) mass is 657 g/mol. The van der Waals surface area contributed by atoms with E-state index in [9.17, 15) is 0 Å². The van der Waals surface area contributed by atoms with Gasteiger partial charge in [0.1, 0.15) is 0 Å². The van der Waals surface area contributed by atoms with Crippen LogP contribution in [0.5, 0.6) is 11.5 Å². The molecule has 0 saturated heterocycles. The van der Waals surface area contributed by atoms with E-state index in [4.69, 9.17) is 4.74 Å². The molecular weight excluding hydrogens is 627 g/mol. The van der Waals surface area contributed by atoms with Crippen molar-refractivity contribution in [1.82, 2.24) is 19.6 Å². The van der Waals surface area contributed by atoms with Gasteiger partial charge >= 0.3 is 222 Å². The molecular formula is C30H30N4OPt-2. The van der Waals surface area contributed by atoms with E-state index in [0.717, 1.165) is 36.4 Å². The van der Waals surface area contributed by atoms with Gasteiger partial charge in [-0.3, -0.25) is 0 Å². The molecule has 2 fully saturated rings. The number of hydrogen-bond acceptors (Lipinski definition) is 5. The summed E-state index contributed by atoms with van der Waals surface area (Å²) in [6.45, 7) is 0.826. The van der Waals surface area contributed by atoms with E-state index in [-0.39, 0.29) is 5.54 Å². The van der Waals surface area contributed by atoms with Gasteiger partial charge in [0.2, 0.25) is 0 Å². The average molecular weight is 658 g/mol. The van der Waals surface area contributed by atoms with Crippen LogP contribution in [0.15, 0.2) is 61.2 Å². The molecule has 2 aromatic rings. The molecule has 1 spiro atoms. The fourth-order valence-electron chi connectivity index (χ4n) is 6.98. The summed E-state index contributed by atoms with van der Waals surface area (Å²) in [6, 6.07) is 21.1. The topological polar surface area (TPSA) is 22.2 Å². The van der Waals surface area contributed by atoms with Crippen LogP contribution in [0, 0.1) is 12.1 Å². The molecule has 36 heavy (non-hydrogen) atoms. The van der Waals surface area contributed by atoms with E-state index in [2.05, 4.69) is 80.8 Å². The quantitative estimate of drug-likeness (QED) is 0.366. The number of fused-ring (bicyclic) bond motifs is 9. The summed E-state index contributed by atoms with van der Waals surface area (Å²) in [6.07, 6.45) is 19.6. The van der Waals surface area contributed by atoms with Gasteiger partial charge in [-0.25, -0.2) is 0 Å². The molecule has 4 heterocycles. The fourth-order valence-corrected chi connectivity index (χ4v) is 10.7. The molecule has 0 radical (unpaired) electrons. The Morgan fingerprint density at radius 1 is 0.778 bits per heavy atom. The van der Waals surface area contributed by atoms with Crippen molar-refractivity contribution < 1.29 is 22.4 Å². The van der Waals surface area contributed by atoms with Crippen molar-refractivity contribution in [2.45, 2.75) is 75.5 Å². The Kier molecular flexibility index (Phi) is 4.87. The van der Waals surface area contributed by atoms with Gasteiger partial charge in [-0.2, -0.15) is 0 Å². The molecule has 2 saturated carbocycles. The minimum absolute atomic E-state index is 0.0492. The number of benzene rings is 2. The maximum atomic E-state index is 6.35. The summed E-state index contributed by atoms with van der Waals surface area (Å²) in [5.41, 5.74) is 2.37. The molecule has 4 aliphatic heterocycles. The molecule has 2 aromatic carbocycles. The molecule has 0 amide bonds. The molecule has 8 rings (SSSR count). The van der Waals surface area contributed by atoms with Crippen LogP contribution in [0.25, 0.3) is 0 Å². The fraction of sp³-hybridized carbons (Fsp3) is 0.400. The zero-order valence-corrected chi connectivity index (χ0v) is 22.6.